The normalized spacial score (nSPS) is 8.67. The first-order valence-electron chi connectivity index (χ1n) is 3.41. The van der Waals surface area contributed by atoms with Gasteiger partial charge in [0.05, 0.1) is 0 Å². The summed E-state index contributed by atoms with van der Waals surface area (Å²) in [6, 6.07) is 0. The second-order valence-electron chi connectivity index (χ2n) is 1.79. The van der Waals surface area contributed by atoms with Gasteiger partial charge in [-0.25, -0.2) is 0 Å². The van der Waals surface area contributed by atoms with Crippen molar-refractivity contribution in [3.8, 4) is 0 Å². The fraction of sp³-hybridized carbons (Fsp3) is 1.00. The van der Waals surface area contributed by atoms with E-state index in [4.69, 9.17) is 0 Å². The Morgan fingerprint density at radius 1 is 1.00 bits per heavy atom. The summed E-state index contributed by atoms with van der Waals surface area (Å²) in [6.07, 6.45) is 2.36. The van der Waals surface area contributed by atoms with Crippen molar-refractivity contribution < 1.29 is 18.2 Å². The molecule has 54 valence electrons. The molecule has 0 amide bonds. The van der Waals surface area contributed by atoms with Gasteiger partial charge in [-0.1, -0.05) is 0 Å². The molecule has 0 heterocycles. The molecule has 0 aromatic carbocycles. The van der Waals surface area contributed by atoms with Gasteiger partial charge in [-0.3, -0.25) is 0 Å². The quantitative estimate of drug-likeness (QED) is 0.760. The summed E-state index contributed by atoms with van der Waals surface area (Å²) in [4.78, 5) is 0. The summed E-state index contributed by atoms with van der Waals surface area (Å²) in [6.45, 7) is 6.39. The number of rotatable bonds is 4. The maximum absolute atomic E-state index is 4.33. The summed E-state index contributed by atoms with van der Waals surface area (Å²) >= 11 is -0.575. The SMILES string of the molecule is CCC[N]=[W]=[N]CCC. The van der Waals surface area contributed by atoms with Crippen LogP contribution in [0.25, 0.3) is 0 Å². The van der Waals surface area contributed by atoms with Crippen molar-refractivity contribution in [1.82, 2.24) is 0 Å². The Bertz CT molecular complexity index is 95.6. The molecule has 0 saturated heterocycles. The zero-order valence-corrected chi connectivity index (χ0v) is 9.06. The maximum atomic E-state index is 4.33. The van der Waals surface area contributed by atoms with Crippen LogP contribution < -0.4 is 0 Å². The number of hydrogen-bond donors (Lipinski definition) is 0. The summed E-state index contributed by atoms with van der Waals surface area (Å²) in [5, 5.41) is 0. The van der Waals surface area contributed by atoms with Crippen LogP contribution in [0.2, 0.25) is 0 Å². The molecule has 0 aromatic heterocycles. The van der Waals surface area contributed by atoms with Gasteiger partial charge in [0, 0.05) is 0 Å². The molecule has 0 radical (unpaired) electrons. The molecule has 2 nitrogen and oxygen atoms in total. The Balaban J connectivity index is 3.18. The molecule has 0 N–H and O–H groups in total. The molecule has 0 fully saturated rings. The number of hydrogen-bond acceptors (Lipinski definition) is 2. The summed E-state index contributed by atoms with van der Waals surface area (Å²) in [7, 11) is 0. The molecule has 0 aliphatic heterocycles. The first-order valence-corrected chi connectivity index (χ1v) is 6.04. The van der Waals surface area contributed by atoms with E-state index in [0.717, 1.165) is 13.1 Å². The molecule has 0 saturated carbocycles. The zero-order chi connectivity index (χ0) is 6.95. The van der Waals surface area contributed by atoms with E-state index in [0.29, 0.717) is 0 Å². The van der Waals surface area contributed by atoms with Crippen molar-refractivity contribution in [3.63, 3.8) is 0 Å². The Morgan fingerprint density at radius 3 is 1.78 bits per heavy atom. The second-order valence-corrected chi connectivity index (χ2v) is 4.23. The molecule has 9 heavy (non-hydrogen) atoms. The van der Waals surface area contributed by atoms with Crippen LogP contribution in [0.5, 0.6) is 0 Å². The molecular formula is C6H14N2W. The third-order valence-corrected chi connectivity index (χ3v) is 2.89. The molecule has 0 aliphatic rings. The van der Waals surface area contributed by atoms with Gasteiger partial charge in [-0.05, 0) is 0 Å². The minimum absolute atomic E-state index is 0.575. The van der Waals surface area contributed by atoms with Gasteiger partial charge >= 0.3 is 65.0 Å². The van der Waals surface area contributed by atoms with Crippen molar-refractivity contribution in [1.29, 1.82) is 0 Å². The van der Waals surface area contributed by atoms with E-state index in [1.54, 1.807) is 0 Å². The average Bonchev–Trinajstić information content (AvgIpc) is 1.89. The molecule has 0 bridgehead atoms. The Hall–Kier alpha value is 0.288. The van der Waals surface area contributed by atoms with Crippen LogP contribution in [0, 0.1) is 0 Å². The molecule has 0 spiro atoms. The van der Waals surface area contributed by atoms with Crippen molar-refractivity contribution in [2.45, 2.75) is 26.7 Å². The minimum atomic E-state index is -0.575. The van der Waals surface area contributed by atoms with Gasteiger partial charge in [0.15, 0.2) is 0 Å². The monoisotopic (exact) mass is 298 g/mol. The van der Waals surface area contributed by atoms with Crippen LogP contribution >= 0.6 is 0 Å². The van der Waals surface area contributed by atoms with Crippen molar-refractivity contribution >= 4 is 0 Å². The van der Waals surface area contributed by atoms with Crippen LogP contribution in [-0.2, 0) is 18.2 Å². The predicted octanol–water partition coefficient (Wildman–Crippen LogP) is 2.26. The van der Waals surface area contributed by atoms with Gasteiger partial charge in [0.25, 0.3) is 0 Å². The summed E-state index contributed by atoms with van der Waals surface area (Å²) < 4.78 is 8.65. The van der Waals surface area contributed by atoms with Crippen LogP contribution in [-0.4, -0.2) is 13.1 Å². The van der Waals surface area contributed by atoms with Crippen LogP contribution in [0.15, 0.2) is 6.99 Å². The van der Waals surface area contributed by atoms with Gasteiger partial charge in [-0.15, -0.1) is 0 Å². The topological polar surface area (TPSA) is 24.7 Å². The fourth-order valence-corrected chi connectivity index (χ4v) is 2.50. The average molecular weight is 298 g/mol. The van der Waals surface area contributed by atoms with E-state index in [1.165, 1.54) is 12.8 Å². The van der Waals surface area contributed by atoms with Gasteiger partial charge in [0.1, 0.15) is 0 Å². The van der Waals surface area contributed by atoms with Crippen LogP contribution in [0.3, 0.4) is 0 Å². The van der Waals surface area contributed by atoms with Crippen LogP contribution in [0.1, 0.15) is 26.7 Å². The third kappa shape index (κ3) is 8.29. The van der Waals surface area contributed by atoms with Crippen molar-refractivity contribution in [2.24, 2.45) is 6.99 Å². The van der Waals surface area contributed by atoms with Crippen molar-refractivity contribution in [2.75, 3.05) is 13.1 Å². The Kier molecular flexibility index (Phi) is 8.55. The summed E-state index contributed by atoms with van der Waals surface area (Å²) in [5.41, 5.74) is 0. The second kappa shape index (κ2) is 8.29. The molecule has 0 aliphatic carbocycles. The van der Waals surface area contributed by atoms with E-state index >= 15 is 0 Å². The van der Waals surface area contributed by atoms with Gasteiger partial charge in [0.2, 0.25) is 0 Å². The molecule has 0 unspecified atom stereocenters. The standard InChI is InChI=1S/2C3H7N.W/c2*1-2-3-4;/h2*2-3H2,1H3;. The van der Waals surface area contributed by atoms with E-state index in [1.807, 2.05) is 0 Å². The van der Waals surface area contributed by atoms with Crippen LogP contribution in [0.4, 0.5) is 0 Å². The Morgan fingerprint density at radius 2 is 1.44 bits per heavy atom. The number of nitrogens with zero attached hydrogens (tertiary/aromatic N) is 2. The first-order chi connectivity index (χ1) is 4.41. The third-order valence-electron chi connectivity index (χ3n) is 0.745. The zero-order valence-electron chi connectivity index (χ0n) is 6.13. The molecule has 3 heteroatoms. The van der Waals surface area contributed by atoms with E-state index < -0.39 is 18.2 Å². The van der Waals surface area contributed by atoms with E-state index in [-0.39, 0.29) is 0 Å². The first kappa shape index (κ1) is 9.29. The molecular weight excluding hydrogens is 284 g/mol. The van der Waals surface area contributed by atoms with E-state index in [9.17, 15) is 0 Å². The van der Waals surface area contributed by atoms with Gasteiger partial charge in [-0.2, -0.15) is 0 Å². The fourth-order valence-electron chi connectivity index (χ4n) is 0.305. The predicted molar refractivity (Wildman–Crippen MR) is 35.2 cm³/mol. The molecule has 0 aromatic rings. The van der Waals surface area contributed by atoms with Crippen molar-refractivity contribution in [3.05, 3.63) is 0 Å². The van der Waals surface area contributed by atoms with Gasteiger partial charge < -0.3 is 0 Å². The van der Waals surface area contributed by atoms with E-state index in [2.05, 4.69) is 20.8 Å². The molecule has 0 atom stereocenters. The molecule has 0 rings (SSSR count). The Labute approximate surface area is 65.3 Å². The summed E-state index contributed by atoms with van der Waals surface area (Å²) in [5.74, 6) is 0.